The van der Waals surface area contributed by atoms with Gasteiger partial charge in [0.2, 0.25) is 0 Å². The van der Waals surface area contributed by atoms with E-state index in [0.717, 1.165) is 16.1 Å². The number of anilines is 1. The molecule has 1 saturated heterocycles. The van der Waals surface area contributed by atoms with Gasteiger partial charge in [0.05, 0.1) is 10.4 Å². The van der Waals surface area contributed by atoms with Gasteiger partial charge in [-0.25, -0.2) is 4.79 Å². The highest BCUT2D eigenvalue weighted by molar-refractivity contribution is 7.12. The highest BCUT2D eigenvalue weighted by atomic mass is 32.1. The molecule has 0 bridgehead atoms. The molecule has 2 aromatic rings. The predicted molar refractivity (Wildman–Crippen MR) is 107 cm³/mol. The van der Waals surface area contributed by atoms with E-state index in [0.29, 0.717) is 32.5 Å². The van der Waals surface area contributed by atoms with Gasteiger partial charge in [0.1, 0.15) is 0 Å². The van der Waals surface area contributed by atoms with Crippen molar-refractivity contribution in [1.29, 1.82) is 0 Å². The number of methoxy groups -OCH3 is 1. The molecule has 1 fully saturated rings. The second-order valence-electron chi connectivity index (χ2n) is 6.93. The van der Waals surface area contributed by atoms with Gasteiger partial charge >= 0.3 is 6.03 Å². The fourth-order valence-electron chi connectivity index (χ4n) is 3.39. The highest BCUT2D eigenvalue weighted by Crippen LogP contribution is 2.27. The third-order valence-corrected chi connectivity index (χ3v) is 5.67. The summed E-state index contributed by atoms with van der Waals surface area (Å²) in [5.74, 6) is 0.0187. The minimum absolute atomic E-state index is 0.0187. The Morgan fingerprint density at radius 2 is 2.15 bits per heavy atom. The fourth-order valence-corrected chi connectivity index (χ4v) is 4.08. The molecule has 1 atom stereocenters. The van der Waals surface area contributed by atoms with Crippen molar-refractivity contribution in [3.8, 4) is 0 Å². The summed E-state index contributed by atoms with van der Waals surface area (Å²) in [6.45, 7) is 3.60. The van der Waals surface area contributed by atoms with Crippen LogP contribution in [0.15, 0.2) is 41.8 Å². The quantitative estimate of drug-likeness (QED) is 0.797. The number of likely N-dealkylation sites (tertiary alicyclic amines) is 1. The van der Waals surface area contributed by atoms with Crippen LogP contribution in [-0.4, -0.2) is 49.2 Å². The number of carbonyl (C=O) groups excluding carboxylic acids is 2. The van der Waals surface area contributed by atoms with Gasteiger partial charge in [0.25, 0.3) is 5.91 Å². The summed E-state index contributed by atoms with van der Waals surface area (Å²) in [6.07, 6.45) is 1.35. The van der Waals surface area contributed by atoms with E-state index in [2.05, 4.69) is 10.6 Å². The van der Waals surface area contributed by atoms with E-state index >= 15 is 0 Å². The summed E-state index contributed by atoms with van der Waals surface area (Å²) in [6, 6.07) is 11.1. The average Bonchev–Trinajstić information content (AvgIpc) is 3.30. The van der Waals surface area contributed by atoms with Crippen LogP contribution in [0.5, 0.6) is 0 Å². The van der Waals surface area contributed by atoms with E-state index < -0.39 is 5.54 Å². The van der Waals surface area contributed by atoms with E-state index in [4.69, 9.17) is 4.74 Å². The van der Waals surface area contributed by atoms with Crippen LogP contribution >= 0.6 is 11.3 Å². The van der Waals surface area contributed by atoms with E-state index in [1.807, 2.05) is 53.6 Å². The summed E-state index contributed by atoms with van der Waals surface area (Å²) < 4.78 is 5.24. The number of hydrogen-bond acceptors (Lipinski definition) is 4. The summed E-state index contributed by atoms with van der Waals surface area (Å²) in [5, 5.41) is 7.89. The molecule has 0 aliphatic carbocycles. The number of benzene rings is 1. The molecule has 0 radical (unpaired) electrons. The van der Waals surface area contributed by atoms with E-state index in [9.17, 15) is 9.59 Å². The number of thiophene rings is 1. The van der Waals surface area contributed by atoms with Crippen molar-refractivity contribution >= 4 is 29.0 Å². The second-order valence-corrected chi connectivity index (χ2v) is 7.87. The Balaban J connectivity index is 1.68. The van der Waals surface area contributed by atoms with Crippen molar-refractivity contribution in [2.75, 3.05) is 32.1 Å². The molecule has 0 saturated carbocycles. The SMILES string of the molecule is COCCC1(NC(=O)Nc2cccc(C)c2)CCN(C(=O)c2cccs2)C1. The number of urea groups is 1. The molecule has 2 heterocycles. The largest absolute Gasteiger partial charge is 0.385 e. The van der Waals surface area contributed by atoms with Gasteiger partial charge in [-0.1, -0.05) is 18.2 Å². The maximum atomic E-state index is 12.7. The van der Waals surface area contributed by atoms with Crippen molar-refractivity contribution in [2.45, 2.75) is 25.3 Å². The predicted octanol–water partition coefficient (Wildman–Crippen LogP) is 3.50. The minimum atomic E-state index is -0.489. The first-order valence-corrected chi connectivity index (χ1v) is 9.87. The van der Waals surface area contributed by atoms with Crippen LogP contribution in [0.3, 0.4) is 0 Å². The standard InChI is InChI=1S/C20H25N3O3S/c1-15-5-3-6-16(13-15)21-19(25)22-20(9-11-26-2)8-10-23(14-20)18(24)17-7-4-12-27-17/h3-7,12-13H,8-11,14H2,1-2H3,(H2,21,22,25). The number of rotatable bonds is 6. The minimum Gasteiger partial charge on any atom is -0.385 e. The molecular formula is C20H25N3O3S. The van der Waals surface area contributed by atoms with Crippen LogP contribution in [0.25, 0.3) is 0 Å². The Bertz CT molecular complexity index is 794. The Labute approximate surface area is 163 Å². The zero-order chi connectivity index (χ0) is 19.3. The van der Waals surface area contributed by atoms with Gasteiger partial charge in [-0.15, -0.1) is 11.3 Å². The number of carbonyl (C=O) groups is 2. The lowest BCUT2D eigenvalue weighted by Gasteiger charge is -2.30. The maximum Gasteiger partial charge on any atom is 0.319 e. The van der Waals surface area contributed by atoms with Crippen molar-refractivity contribution in [1.82, 2.24) is 10.2 Å². The molecule has 144 valence electrons. The molecule has 3 rings (SSSR count). The van der Waals surface area contributed by atoms with Crippen LogP contribution in [0.1, 0.15) is 28.1 Å². The van der Waals surface area contributed by atoms with Crippen LogP contribution in [0, 0.1) is 6.92 Å². The third kappa shape index (κ3) is 4.87. The van der Waals surface area contributed by atoms with Gasteiger partial charge < -0.3 is 20.3 Å². The van der Waals surface area contributed by atoms with Gasteiger partial charge in [0, 0.05) is 32.5 Å². The lowest BCUT2D eigenvalue weighted by molar-refractivity contribution is 0.0777. The van der Waals surface area contributed by atoms with E-state index in [-0.39, 0.29) is 11.9 Å². The number of nitrogens with one attached hydrogen (secondary N) is 2. The lowest BCUT2D eigenvalue weighted by atomic mass is 9.94. The summed E-state index contributed by atoms with van der Waals surface area (Å²) in [7, 11) is 1.64. The van der Waals surface area contributed by atoms with Crippen LogP contribution in [0.4, 0.5) is 10.5 Å². The second kappa shape index (κ2) is 8.54. The van der Waals surface area contributed by atoms with Crippen molar-refractivity contribution < 1.29 is 14.3 Å². The van der Waals surface area contributed by atoms with Gasteiger partial charge in [-0.05, 0) is 48.9 Å². The Morgan fingerprint density at radius 3 is 2.85 bits per heavy atom. The molecule has 1 aliphatic rings. The van der Waals surface area contributed by atoms with Crippen molar-refractivity contribution in [3.63, 3.8) is 0 Å². The Hall–Kier alpha value is -2.38. The Morgan fingerprint density at radius 1 is 1.30 bits per heavy atom. The van der Waals surface area contributed by atoms with Gasteiger partial charge in [0.15, 0.2) is 0 Å². The van der Waals surface area contributed by atoms with Crippen molar-refractivity contribution in [2.24, 2.45) is 0 Å². The number of aryl methyl sites for hydroxylation is 1. The molecule has 7 heteroatoms. The first-order valence-electron chi connectivity index (χ1n) is 8.99. The third-order valence-electron chi connectivity index (χ3n) is 4.81. The van der Waals surface area contributed by atoms with Crippen molar-refractivity contribution in [3.05, 3.63) is 52.2 Å². The molecule has 1 aromatic heterocycles. The molecule has 1 unspecified atom stereocenters. The number of ether oxygens (including phenoxy) is 1. The molecule has 1 aliphatic heterocycles. The molecule has 0 spiro atoms. The zero-order valence-electron chi connectivity index (χ0n) is 15.7. The molecule has 6 nitrogen and oxygen atoms in total. The van der Waals surface area contributed by atoms with Crippen LogP contribution in [0.2, 0.25) is 0 Å². The van der Waals surface area contributed by atoms with Gasteiger partial charge in [-0.2, -0.15) is 0 Å². The molecule has 3 amide bonds. The summed E-state index contributed by atoms with van der Waals surface area (Å²) in [4.78, 5) is 27.8. The van der Waals surface area contributed by atoms with Crippen LogP contribution in [-0.2, 0) is 4.74 Å². The highest BCUT2D eigenvalue weighted by Gasteiger charge is 2.41. The average molecular weight is 388 g/mol. The maximum absolute atomic E-state index is 12.7. The smallest absolute Gasteiger partial charge is 0.319 e. The number of amides is 3. The Kier molecular flexibility index (Phi) is 6.13. The number of hydrogen-bond donors (Lipinski definition) is 2. The fraction of sp³-hybridized carbons (Fsp3) is 0.400. The first-order chi connectivity index (χ1) is 13.0. The zero-order valence-corrected chi connectivity index (χ0v) is 16.5. The molecular weight excluding hydrogens is 362 g/mol. The lowest BCUT2D eigenvalue weighted by Crippen LogP contribution is -2.53. The van der Waals surface area contributed by atoms with Gasteiger partial charge in [-0.3, -0.25) is 4.79 Å². The topological polar surface area (TPSA) is 70.7 Å². The first kappa shape index (κ1) is 19.4. The summed E-state index contributed by atoms with van der Waals surface area (Å²) in [5.41, 5.74) is 1.34. The molecule has 1 aromatic carbocycles. The molecule has 27 heavy (non-hydrogen) atoms. The molecule has 2 N–H and O–H groups in total. The monoisotopic (exact) mass is 387 g/mol. The van der Waals surface area contributed by atoms with Crippen LogP contribution < -0.4 is 10.6 Å². The normalized spacial score (nSPS) is 19.1. The summed E-state index contributed by atoms with van der Waals surface area (Å²) >= 11 is 1.44. The van der Waals surface area contributed by atoms with E-state index in [1.54, 1.807) is 7.11 Å². The van der Waals surface area contributed by atoms with E-state index in [1.165, 1.54) is 11.3 Å². The number of nitrogens with zero attached hydrogens (tertiary/aromatic N) is 1.